The van der Waals surface area contributed by atoms with Crippen LogP contribution in [0.15, 0.2) is 30.3 Å². The minimum absolute atomic E-state index is 0.173. The molecule has 2 saturated carbocycles. The number of carbonyl (C=O) groups excluding carboxylic acids is 1. The lowest BCUT2D eigenvalue weighted by Crippen LogP contribution is -2.38. The van der Waals surface area contributed by atoms with Crippen molar-refractivity contribution in [3.63, 3.8) is 0 Å². The van der Waals surface area contributed by atoms with Crippen LogP contribution in [0, 0.1) is 11.8 Å². The summed E-state index contributed by atoms with van der Waals surface area (Å²) in [6, 6.07) is 10.1. The summed E-state index contributed by atoms with van der Waals surface area (Å²) in [5.74, 6) is 1.00. The first-order valence-electron chi connectivity index (χ1n) is 7.71. The molecule has 2 N–H and O–H groups in total. The summed E-state index contributed by atoms with van der Waals surface area (Å²) in [7, 11) is 0. The molecule has 2 unspecified atom stereocenters. The van der Waals surface area contributed by atoms with Crippen molar-refractivity contribution >= 4 is 5.91 Å². The molecular weight excluding hydrogens is 250 g/mol. The maximum absolute atomic E-state index is 12.5. The smallest absolute Gasteiger partial charge is 0.230 e. The standard InChI is InChI=1S/C17H23NO2/c19-12-14-6-4-5-13(14)11-18-16(20)17(9-10-17)15-7-2-1-3-8-15/h1-3,7-8,13-14,19H,4-6,9-12H2,(H,18,20). The van der Waals surface area contributed by atoms with Crippen molar-refractivity contribution in [3.8, 4) is 0 Å². The second-order valence-corrected chi connectivity index (χ2v) is 6.29. The molecule has 0 bridgehead atoms. The first kappa shape index (κ1) is 13.6. The highest BCUT2D eigenvalue weighted by Gasteiger charge is 2.51. The molecule has 0 heterocycles. The Labute approximate surface area is 120 Å². The Kier molecular flexibility index (Phi) is 3.79. The predicted molar refractivity (Wildman–Crippen MR) is 78.3 cm³/mol. The topological polar surface area (TPSA) is 49.3 Å². The number of hydrogen-bond acceptors (Lipinski definition) is 2. The number of rotatable bonds is 5. The van der Waals surface area contributed by atoms with Crippen LogP contribution in [0.1, 0.15) is 37.7 Å². The Morgan fingerprint density at radius 3 is 2.55 bits per heavy atom. The lowest BCUT2D eigenvalue weighted by atomic mass is 9.93. The van der Waals surface area contributed by atoms with Gasteiger partial charge in [0.25, 0.3) is 0 Å². The van der Waals surface area contributed by atoms with Gasteiger partial charge in [0, 0.05) is 13.2 Å². The van der Waals surface area contributed by atoms with Gasteiger partial charge in [-0.05, 0) is 43.1 Å². The number of hydrogen-bond donors (Lipinski definition) is 2. The molecule has 2 aliphatic carbocycles. The summed E-state index contributed by atoms with van der Waals surface area (Å²) >= 11 is 0. The molecule has 2 atom stereocenters. The van der Waals surface area contributed by atoms with E-state index in [-0.39, 0.29) is 17.9 Å². The van der Waals surface area contributed by atoms with Crippen LogP contribution in [0.2, 0.25) is 0 Å². The SMILES string of the molecule is O=C(NCC1CCCC1CO)C1(c2ccccc2)CC1. The second-order valence-electron chi connectivity index (χ2n) is 6.29. The maximum Gasteiger partial charge on any atom is 0.230 e. The Morgan fingerprint density at radius 1 is 1.20 bits per heavy atom. The first-order valence-corrected chi connectivity index (χ1v) is 7.71. The van der Waals surface area contributed by atoms with E-state index in [4.69, 9.17) is 0 Å². The van der Waals surface area contributed by atoms with E-state index in [9.17, 15) is 9.90 Å². The van der Waals surface area contributed by atoms with Crippen molar-refractivity contribution in [1.82, 2.24) is 5.32 Å². The number of aliphatic hydroxyl groups excluding tert-OH is 1. The molecule has 108 valence electrons. The number of aliphatic hydroxyl groups is 1. The fourth-order valence-electron chi connectivity index (χ4n) is 3.54. The maximum atomic E-state index is 12.5. The van der Waals surface area contributed by atoms with Gasteiger partial charge in [0.05, 0.1) is 5.41 Å². The van der Waals surface area contributed by atoms with Gasteiger partial charge in [-0.25, -0.2) is 0 Å². The fraction of sp³-hybridized carbons (Fsp3) is 0.588. The van der Waals surface area contributed by atoms with Crippen molar-refractivity contribution in [2.45, 2.75) is 37.5 Å². The zero-order valence-electron chi connectivity index (χ0n) is 11.8. The van der Waals surface area contributed by atoms with Crippen molar-refractivity contribution < 1.29 is 9.90 Å². The second kappa shape index (κ2) is 5.57. The molecule has 0 saturated heterocycles. The highest BCUT2D eigenvalue weighted by atomic mass is 16.3. The van der Waals surface area contributed by atoms with E-state index in [0.29, 0.717) is 11.8 Å². The highest BCUT2D eigenvalue weighted by molar-refractivity contribution is 5.91. The molecule has 2 aliphatic rings. The van der Waals surface area contributed by atoms with Crippen LogP contribution in [-0.2, 0) is 10.2 Å². The molecule has 1 aromatic rings. The number of amides is 1. The molecule has 1 amide bonds. The van der Waals surface area contributed by atoms with Gasteiger partial charge in [-0.3, -0.25) is 4.79 Å². The number of benzene rings is 1. The van der Waals surface area contributed by atoms with Gasteiger partial charge in [-0.1, -0.05) is 36.8 Å². The summed E-state index contributed by atoms with van der Waals surface area (Å²) in [6.45, 7) is 0.975. The van der Waals surface area contributed by atoms with Gasteiger partial charge in [-0.2, -0.15) is 0 Å². The molecule has 0 radical (unpaired) electrons. The summed E-state index contributed by atoms with van der Waals surface area (Å²) in [5, 5.41) is 12.5. The lowest BCUT2D eigenvalue weighted by Gasteiger charge is -2.21. The first-order chi connectivity index (χ1) is 9.76. The quantitative estimate of drug-likeness (QED) is 0.864. The monoisotopic (exact) mass is 273 g/mol. The molecule has 2 fully saturated rings. The van der Waals surface area contributed by atoms with E-state index >= 15 is 0 Å². The van der Waals surface area contributed by atoms with Crippen molar-refractivity contribution in [1.29, 1.82) is 0 Å². The van der Waals surface area contributed by atoms with E-state index in [0.717, 1.165) is 37.8 Å². The van der Waals surface area contributed by atoms with Crippen LogP contribution in [0.3, 0.4) is 0 Å². The average Bonchev–Trinajstić information content (AvgIpc) is 3.19. The third-order valence-corrected chi connectivity index (χ3v) is 5.09. The summed E-state index contributed by atoms with van der Waals surface area (Å²) in [4.78, 5) is 12.5. The molecule has 20 heavy (non-hydrogen) atoms. The molecule has 3 heteroatoms. The zero-order chi connectivity index (χ0) is 14.0. The fourth-order valence-corrected chi connectivity index (χ4v) is 3.54. The van der Waals surface area contributed by atoms with E-state index in [1.807, 2.05) is 18.2 Å². The third kappa shape index (κ3) is 2.47. The van der Waals surface area contributed by atoms with Crippen LogP contribution in [-0.4, -0.2) is 24.2 Å². The van der Waals surface area contributed by atoms with Gasteiger partial charge < -0.3 is 10.4 Å². The van der Waals surface area contributed by atoms with Crippen molar-refractivity contribution in [2.24, 2.45) is 11.8 Å². The molecule has 0 aliphatic heterocycles. The Balaban J connectivity index is 1.60. The molecular formula is C17H23NO2. The summed E-state index contributed by atoms with van der Waals surface area (Å²) in [5.41, 5.74) is 0.872. The molecule has 3 nitrogen and oxygen atoms in total. The largest absolute Gasteiger partial charge is 0.396 e. The minimum atomic E-state index is -0.269. The molecule has 1 aromatic carbocycles. The van der Waals surface area contributed by atoms with Gasteiger partial charge in [0.2, 0.25) is 5.91 Å². The van der Waals surface area contributed by atoms with Gasteiger partial charge >= 0.3 is 0 Å². The van der Waals surface area contributed by atoms with E-state index in [1.165, 1.54) is 6.42 Å². The van der Waals surface area contributed by atoms with Crippen LogP contribution in [0.25, 0.3) is 0 Å². The average molecular weight is 273 g/mol. The molecule has 0 spiro atoms. The third-order valence-electron chi connectivity index (χ3n) is 5.09. The van der Waals surface area contributed by atoms with E-state index in [2.05, 4.69) is 17.4 Å². The van der Waals surface area contributed by atoms with Crippen LogP contribution < -0.4 is 5.32 Å². The molecule has 3 rings (SSSR count). The number of carbonyl (C=O) groups is 1. The predicted octanol–water partition coefficient (Wildman–Crippen LogP) is 2.24. The van der Waals surface area contributed by atoms with E-state index < -0.39 is 0 Å². The number of nitrogens with one attached hydrogen (secondary N) is 1. The van der Waals surface area contributed by atoms with Crippen molar-refractivity contribution in [3.05, 3.63) is 35.9 Å². The van der Waals surface area contributed by atoms with Crippen LogP contribution in [0.5, 0.6) is 0 Å². The van der Waals surface area contributed by atoms with Crippen LogP contribution in [0.4, 0.5) is 0 Å². The Hall–Kier alpha value is -1.35. The van der Waals surface area contributed by atoms with Gasteiger partial charge in [0.15, 0.2) is 0 Å². The minimum Gasteiger partial charge on any atom is -0.396 e. The lowest BCUT2D eigenvalue weighted by molar-refractivity contribution is -0.123. The Bertz CT molecular complexity index is 467. The highest BCUT2D eigenvalue weighted by Crippen LogP contribution is 2.48. The molecule has 0 aromatic heterocycles. The van der Waals surface area contributed by atoms with Crippen molar-refractivity contribution in [2.75, 3.05) is 13.2 Å². The van der Waals surface area contributed by atoms with Crippen LogP contribution >= 0.6 is 0 Å². The zero-order valence-corrected chi connectivity index (χ0v) is 11.8. The Morgan fingerprint density at radius 2 is 1.90 bits per heavy atom. The normalized spacial score (nSPS) is 27.2. The van der Waals surface area contributed by atoms with E-state index in [1.54, 1.807) is 0 Å². The van der Waals surface area contributed by atoms with Gasteiger partial charge in [0.1, 0.15) is 0 Å². The van der Waals surface area contributed by atoms with Gasteiger partial charge in [-0.15, -0.1) is 0 Å². The summed E-state index contributed by atoms with van der Waals surface area (Å²) < 4.78 is 0. The summed E-state index contributed by atoms with van der Waals surface area (Å²) in [6.07, 6.45) is 5.31.